The highest BCUT2D eigenvalue weighted by atomic mass is 14.1. The molecular formula is C26H54. The van der Waals surface area contributed by atoms with Crippen LogP contribution in [-0.2, 0) is 0 Å². The van der Waals surface area contributed by atoms with E-state index in [1.807, 2.05) is 0 Å². The van der Waals surface area contributed by atoms with Crippen LogP contribution in [0.3, 0.4) is 0 Å². The summed E-state index contributed by atoms with van der Waals surface area (Å²) in [6, 6.07) is 0. The summed E-state index contributed by atoms with van der Waals surface area (Å²) >= 11 is 0. The first-order chi connectivity index (χ1) is 12.8. The smallest absolute Gasteiger partial charge is 0.0414 e. The first kappa shape index (κ1) is 26.0. The fraction of sp³-hybridized carbons (Fsp3) is 1.00. The van der Waals surface area contributed by atoms with E-state index in [1.54, 1.807) is 0 Å². The van der Waals surface area contributed by atoms with Gasteiger partial charge in [0, 0.05) is 0 Å². The summed E-state index contributed by atoms with van der Waals surface area (Å²) in [6.45, 7) is 6.99. The molecule has 0 saturated carbocycles. The lowest BCUT2D eigenvalue weighted by Gasteiger charge is -2.15. The summed E-state index contributed by atoms with van der Waals surface area (Å²) in [4.78, 5) is 0. The fourth-order valence-electron chi connectivity index (χ4n) is 4.32. The minimum absolute atomic E-state index is 1.03. The van der Waals surface area contributed by atoms with Crippen molar-refractivity contribution in [2.75, 3.05) is 0 Å². The second-order valence-corrected chi connectivity index (χ2v) is 8.89. The van der Waals surface area contributed by atoms with Crippen molar-refractivity contribution in [1.29, 1.82) is 0 Å². The predicted molar refractivity (Wildman–Crippen MR) is 122 cm³/mol. The maximum absolute atomic E-state index is 2.35. The van der Waals surface area contributed by atoms with E-state index in [0.29, 0.717) is 0 Å². The highest BCUT2D eigenvalue weighted by Crippen LogP contribution is 2.22. The van der Waals surface area contributed by atoms with Crippen molar-refractivity contribution in [1.82, 2.24) is 0 Å². The van der Waals surface area contributed by atoms with Gasteiger partial charge in [0.25, 0.3) is 0 Å². The van der Waals surface area contributed by atoms with Crippen LogP contribution < -0.4 is 0 Å². The maximum Gasteiger partial charge on any atom is -0.0414 e. The summed E-state index contributed by atoms with van der Waals surface area (Å²) in [5, 5.41) is 0. The van der Waals surface area contributed by atoms with E-state index in [4.69, 9.17) is 0 Å². The van der Waals surface area contributed by atoms with Crippen LogP contribution >= 0.6 is 0 Å². The van der Waals surface area contributed by atoms with Gasteiger partial charge in [-0.1, -0.05) is 162 Å². The van der Waals surface area contributed by atoms with Crippen molar-refractivity contribution in [3.05, 3.63) is 0 Å². The molecule has 0 aliphatic carbocycles. The zero-order valence-electron chi connectivity index (χ0n) is 19.1. The van der Waals surface area contributed by atoms with E-state index < -0.39 is 0 Å². The molecule has 0 aromatic carbocycles. The third-order valence-corrected chi connectivity index (χ3v) is 6.13. The lowest BCUT2D eigenvalue weighted by Crippen LogP contribution is -2.00. The average molecular weight is 367 g/mol. The van der Waals surface area contributed by atoms with Crippen molar-refractivity contribution < 1.29 is 0 Å². The zero-order chi connectivity index (χ0) is 19.1. The maximum atomic E-state index is 2.35. The molecule has 0 rings (SSSR count). The van der Waals surface area contributed by atoms with E-state index in [1.165, 1.54) is 141 Å². The van der Waals surface area contributed by atoms with E-state index in [2.05, 4.69) is 20.8 Å². The van der Waals surface area contributed by atoms with Crippen LogP contribution in [0.25, 0.3) is 0 Å². The Morgan fingerprint density at radius 3 is 1.04 bits per heavy atom. The van der Waals surface area contributed by atoms with Crippen molar-refractivity contribution in [3.8, 4) is 0 Å². The van der Waals surface area contributed by atoms with E-state index in [0.717, 1.165) is 5.92 Å². The molecule has 0 heteroatoms. The second kappa shape index (κ2) is 23.0. The Balaban J connectivity index is 3.18. The SMILES string of the molecule is CCCCCCCCCCCCCCCCCCC(CCC)CCCC. The van der Waals surface area contributed by atoms with Gasteiger partial charge in [0.05, 0.1) is 0 Å². The van der Waals surface area contributed by atoms with Crippen LogP contribution in [0.5, 0.6) is 0 Å². The quantitative estimate of drug-likeness (QED) is 0.167. The Labute approximate surface area is 168 Å². The molecule has 0 nitrogen and oxygen atoms in total. The van der Waals surface area contributed by atoms with Crippen LogP contribution in [0.1, 0.15) is 162 Å². The molecule has 0 aromatic heterocycles. The van der Waals surface area contributed by atoms with E-state index >= 15 is 0 Å². The van der Waals surface area contributed by atoms with E-state index in [-0.39, 0.29) is 0 Å². The van der Waals surface area contributed by atoms with Gasteiger partial charge in [0.2, 0.25) is 0 Å². The first-order valence-corrected chi connectivity index (χ1v) is 12.8. The van der Waals surface area contributed by atoms with Gasteiger partial charge in [-0.15, -0.1) is 0 Å². The van der Waals surface area contributed by atoms with Gasteiger partial charge in [-0.2, -0.15) is 0 Å². The Morgan fingerprint density at radius 2 is 0.654 bits per heavy atom. The Kier molecular flexibility index (Phi) is 23.0. The molecule has 0 aliphatic rings. The summed E-state index contributed by atoms with van der Waals surface area (Å²) in [5.74, 6) is 1.03. The van der Waals surface area contributed by atoms with Crippen molar-refractivity contribution in [3.63, 3.8) is 0 Å². The minimum atomic E-state index is 1.03. The summed E-state index contributed by atoms with van der Waals surface area (Å²) < 4.78 is 0. The topological polar surface area (TPSA) is 0 Å². The lowest BCUT2D eigenvalue weighted by atomic mass is 9.91. The van der Waals surface area contributed by atoms with Crippen LogP contribution in [0, 0.1) is 5.92 Å². The highest BCUT2D eigenvalue weighted by Gasteiger charge is 2.06. The Bertz CT molecular complexity index is 232. The Morgan fingerprint density at radius 1 is 0.308 bits per heavy atom. The molecule has 0 spiro atoms. The molecule has 0 bridgehead atoms. The van der Waals surface area contributed by atoms with E-state index in [9.17, 15) is 0 Å². The minimum Gasteiger partial charge on any atom is -0.0654 e. The largest absolute Gasteiger partial charge is 0.0654 e. The number of hydrogen-bond donors (Lipinski definition) is 0. The van der Waals surface area contributed by atoms with Crippen LogP contribution in [0.2, 0.25) is 0 Å². The molecule has 0 radical (unpaired) electrons. The fourth-order valence-corrected chi connectivity index (χ4v) is 4.32. The number of hydrogen-bond acceptors (Lipinski definition) is 0. The summed E-state index contributed by atoms with van der Waals surface area (Å²) in [5.41, 5.74) is 0. The van der Waals surface area contributed by atoms with Gasteiger partial charge < -0.3 is 0 Å². The molecule has 1 atom stereocenters. The van der Waals surface area contributed by atoms with Crippen molar-refractivity contribution >= 4 is 0 Å². The van der Waals surface area contributed by atoms with Gasteiger partial charge in [-0.05, 0) is 5.92 Å². The average Bonchev–Trinajstić information content (AvgIpc) is 2.65. The monoisotopic (exact) mass is 366 g/mol. The molecule has 0 aromatic rings. The number of rotatable bonds is 22. The van der Waals surface area contributed by atoms with Gasteiger partial charge in [-0.25, -0.2) is 0 Å². The van der Waals surface area contributed by atoms with Crippen LogP contribution in [0.15, 0.2) is 0 Å². The molecule has 0 N–H and O–H groups in total. The van der Waals surface area contributed by atoms with Crippen molar-refractivity contribution in [2.45, 2.75) is 162 Å². The highest BCUT2D eigenvalue weighted by molar-refractivity contribution is 4.60. The molecule has 0 amide bonds. The molecule has 0 fully saturated rings. The van der Waals surface area contributed by atoms with Crippen LogP contribution in [-0.4, -0.2) is 0 Å². The van der Waals surface area contributed by atoms with Crippen LogP contribution in [0.4, 0.5) is 0 Å². The van der Waals surface area contributed by atoms with Gasteiger partial charge in [-0.3, -0.25) is 0 Å². The summed E-state index contributed by atoms with van der Waals surface area (Å²) in [6.07, 6.45) is 32.3. The standard InChI is InChI=1S/C26H54/c1-4-7-9-10-11-12-13-14-15-16-17-18-19-20-21-22-25-26(23-6-3)24-8-5-2/h26H,4-25H2,1-3H3. The molecule has 158 valence electrons. The number of unbranched alkanes of at least 4 members (excludes halogenated alkanes) is 16. The van der Waals surface area contributed by atoms with Gasteiger partial charge in [0.1, 0.15) is 0 Å². The van der Waals surface area contributed by atoms with Crippen molar-refractivity contribution in [2.24, 2.45) is 5.92 Å². The third-order valence-electron chi connectivity index (χ3n) is 6.13. The normalized spacial score (nSPS) is 12.6. The molecule has 1 unspecified atom stereocenters. The molecule has 0 heterocycles. The van der Waals surface area contributed by atoms with Gasteiger partial charge in [0.15, 0.2) is 0 Å². The molecular weight excluding hydrogens is 312 g/mol. The third kappa shape index (κ3) is 20.3. The molecule has 0 saturated heterocycles. The van der Waals surface area contributed by atoms with Gasteiger partial charge >= 0.3 is 0 Å². The zero-order valence-corrected chi connectivity index (χ0v) is 19.1. The lowest BCUT2D eigenvalue weighted by molar-refractivity contribution is 0.383. The second-order valence-electron chi connectivity index (χ2n) is 8.89. The molecule has 0 aliphatic heterocycles. The first-order valence-electron chi connectivity index (χ1n) is 12.8. The molecule has 26 heavy (non-hydrogen) atoms. The predicted octanol–water partition coefficient (Wildman–Crippen LogP) is 10.2. The Hall–Kier alpha value is 0. The summed E-state index contributed by atoms with van der Waals surface area (Å²) in [7, 11) is 0.